The van der Waals surface area contributed by atoms with Crippen LogP contribution in [0.5, 0.6) is 0 Å². The molecule has 1 aromatic carbocycles. The summed E-state index contributed by atoms with van der Waals surface area (Å²) in [6.07, 6.45) is 0. The molecular weight excluding hydrogens is 437 g/mol. The number of aromatic nitrogens is 2. The maximum atomic E-state index is 12.0. The van der Waals surface area contributed by atoms with E-state index in [0.717, 1.165) is 10.4 Å². The predicted molar refractivity (Wildman–Crippen MR) is 102 cm³/mol. The predicted octanol–water partition coefficient (Wildman–Crippen LogP) is 6.00. The topological polar surface area (TPSA) is 37.8 Å². The van der Waals surface area contributed by atoms with Crippen LogP contribution < -0.4 is 5.32 Å². The molecule has 0 aliphatic rings. The molecule has 0 spiro atoms. The number of halogens is 3. The molecule has 3 rings (SSSR count). The molecule has 1 atom stereocenters. The molecule has 0 saturated heterocycles. The normalized spacial score (nSPS) is 11.2. The van der Waals surface area contributed by atoms with Crippen LogP contribution in [0.4, 0.5) is 10.2 Å². The Morgan fingerprint density at radius 3 is 2.00 bits per heavy atom. The SMILES string of the molecule is C[C@H](Nc1cccc(Br)n1)c1ccccc1.Fc1cccc(Br)n1. The lowest BCUT2D eigenvalue weighted by molar-refractivity contribution is 0.581. The number of hydrogen-bond donors (Lipinski definition) is 1. The summed E-state index contributed by atoms with van der Waals surface area (Å²) in [5.74, 6) is 0.421. The van der Waals surface area contributed by atoms with E-state index in [1.165, 1.54) is 11.6 Å². The third-order valence-electron chi connectivity index (χ3n) is 3.06. The number of rotatable bonds is 3. The van der Waals surface area contributed by atoms with E-state index in [1.807, 2.05) is 36.4 Å². The first kappa shape index (κ1) is 18.5. The van der Waals surface area contributed by atoms with Crippen molar-refractivity contribution >= 4 is 37.7 Å². The summed E-state index contributed by atoms with van der Waals surface area (Å²) in [5, 5.41) is 3.36. The zero-order chi connectivity index (χ0) is 17.4. The molecule has 0 aliphatic heterocycles. The first-order chi connectivity index (χ1) is 11.5. The summed E-state index contributed by atoms with van der Waals surface area (Å²) < 4.78 is 13.4. The van der Waals surface area contributed by atoms with Crippen molar-refractivity contribution in [3.63, 3.8) is 0 Å². The van der Waals surface area contributed by atoms with Gasteiger partial charge in [-0.1, -0.05) is 42.5 Å². The highest BCUT2D eigenvalue weighted by atomic mass is 79.9. The average Bonchev–Trinajstić information content (AvgIpc) is 2.56. The number of nitrogens with one attached hydrogen (secondary N) is 1. The fourth-order valence-electron chi connectivity index (χ4n) is 1.92. The van der Waals surface area contributed by atoms with Gasteiger partial charge in [0.05, 0.1) is 0 Å². The highest BCUT2D eigenvalue weighted by Gasteiger charge is 2.04. The van der Waals surface area contributed by atoms with Gasteiger partial charge in [0.2, 0.25) is 5.95 Å². The molecular formula is C18H16Br2FN3. The summed E-state index contributed by atoms with van der Waals surface area (Å²) in [4.78, 5) is 7.77. The monoisotopic (exact) mass is 451 g/mol. The Morgan fingerprint density at radius 2 is 1.46 bits per heavy atom. The number of pyridine rings is 2. The quantitative estimate of drug-likeness (QED) is 0.495. The first-order valence-corrected chi connectivity index (χ1v) is 8.85. The number of anilines is 1. The van der Waals surface area contributed by atoms with Crippen molar-refractivity contribution in [3.8, 4) is 0 Å². The van der Waals surface area contributed by atoms with Crippen molar-refractivity contribution in [1.29, 1.82) is 0 Å². The molecule has 0 fully saturated rings. The van der Waals surface area contributed by atoms with Gasteiger partial charge < -0.3 is 5.32 Å². The lowest BCUT2D eigenvalue weighted by atomic mass is 10.1. The highest BCUT2D eigenvalue weighted by molar-refractivity contribution is 9.10. The van der Waals surface area contributed by atoms with Crippen LogP contribution >= 0.6 is 31.9 Å². The molecule has 0 aliphatic carbocycles. The molecule has 0 amide bonds. The summed E-state index contributed by atoms with van der Waals surface area (Å²) >= 11 is 6.37. The minimum atomic E-state index is -0.459. The molecule has 2 aromatic heterocycles. The van der Waals surface area contributed by atoms with Gasteiger partial charge in [-0.15, -0.1) is 0 Å². The largest absolute Gasteiger partial charge is 0.364 e. The van der Waals surface area contributed by atoms with Gasteiger partial charge in [0.25, 0.3) is 0 Å². The van der Waals surface area contributed by atoms with E-state index in [2.05, 4.69) is 66.2 Å². The van der Waals surface area contributed by atoms with Gasteiger partial charge in [-0.2, -0.15) is 4.39 Å². The summed E-state index contributed by atoms with van der Waals surface area (Å²) in [7, 11) is 0. The number of benzene rings is 1. The molecule has 3 aromatic rings. The van der Waals surface area contributed by atoms with Crippen LogP contribution in [0.2, 0.25) is 0 Å². The molecule has 2 heterocycles. The number of nitrogens with zero attached hydrogens (tertiary/aromatic N) is 2. The first-order valence-electron chi connectivity index (χ1n) is 7.26. The van der Waals surface area contributed by atoms with Crippen molar-refractivity contribution in [3.05, 3.63) is 87.4 Å². The lowest BCUT2D eigenvalue weighted by Gasteiger charge is -2.14. The van der Waals surface area contributed by atoms with Gasteiger partial charge in [-0.05, 0) is 68.6 Å². The summed E-state index contributed by atoms with van der Waals surface area (Å²) in [6.45, 7) is 2.12. The Hall–Kier alpha value is -1.79. The minimum Gasteiger partial charge on any atom is -0.364 e. The zero-order valence-corrected chi connectivity index (χ0v) is 16.1. The van der Waals surface area contributed by atoms with Gasteiger partial charge >= 0.3 is 0 Å². The Morgan fingerprint density at radius 1 is 0.833 bits per heavy atom. The van der Waals surface area contributed by atoms with Crippen LogP contribution in [0.25, 0.3) is 0 Å². The van der Waals surface area contributed by atoms with Crippen molar-refractivity contribution in [2.24, 2.45) is 0 Å². The van der Waals surface area contributed by atoms with Crippen LogP contribution in [0.15, 0.2) is 75.9 Å². The molecule has 0 unspecified atom stereocenters. The zero-order valence-electron chi connectivity index (χ0n) is 13.0. The Balaban J connectivity index is 0.000000219. The maximum absolute atomic E-state index is 12.0. The third kappa shape index (κ3) is 6.37. The number of hydrogen-bond acceptors (Lipinski definition) is 3. The standard InChI is InChI=1S/C13H13BrN2.C5H3BrFN/c1-10(11-6-3-2-4-7-11)15-13-9-5-8-12(14)16-13;6-4-2-1-3-5(7)8-4/h2-10H,1H3,(H,15,16);1-3H/t10-;/m0./s1. The van der Waals surface area contributed by atoms with Crippen LogP contribution in [0.1, 0.15) is 18.5 Å². The van der Waals surface area contributed by atoms with E-state index >= 15 is 0 Å². The van der Waals surface area contributed by atoms with E-state index in [-0.39, 0.29) is 6.04 Å². The summed E-state index contributed by atoms with van der Waals surface area (Å²) in [6, 6.07) is 21.0. The van der Waals surface area contributed by atoms with Crippen molar-refractivity contribution in [2.75, 3.05) is 5.32 Å². The van der Waals surface area contributed by atoms with Crippen LogP contribution in [0.3, 0.4) is 0 Å². The molecule has 24 heavy (non-hydrogen) atoms. The molecule has 0 bridgehead atoms. The van der Waals surface area contributed by atoms with Crippen LogP contribution in [-0.4, -0.2) is 9.97 Å². The lowest BCUT2D eigenvalue weighted by Crippen LogP contribution is -2.07. The average molecular weight is 453 g/mol. The van der Waals surface area contributed by atoms with E-state index < -0.39 is 5.95 Å². The fraction of sp³-hybridized carbons (Fsp3) is 0.111. The third-order valence-corrected chi connectivity index (χ3v) is 3.94. The fourth-order valence-corrected chi connectivity index (χ4v) is 2.58. The van der Waals surface area contributed by atoms with Gasteiger partial charge in [0.1, 0.15) is 15.0 Å². The molecule has 0 radical (unpaired) electrons. The molecule has 1 N–H and O–H groups in total. The van der Waals surface area contributed by atoms with Gasteiger partial charge in [0, 0.05) is 6.04 Å². The Kier molecular flexibility index (Phi) is 7.34. The second kappa shape index (κ2) is 9.49. The van der Waals surface area contributed by atoms with Crippen molar-refractivity contribution in [2.45, 2.75) is 13.0 Å². The van der Waals surface area contributed by atoms with Crippen LogP contribution in [-0.2, 0) is 0 Å². The molecule has 0 saturated carbocycles. The van der Waals surface area contributed by atoms with Gasteiger partial charge in [-0.3, -0.25) is 0 Å². The maximum Gasteiger partial charge on any atom is 0.213 e. The van der Waals surface area contributed by atoms with E-state index in [4.69, 9.17) is 0 Å². The summed E-state index contributed by atoms with van der Waals surface area (Å²) in [5.41, 5.74) is 1.25. The van der Waals surface area contributed by atoms with E-state index in [1.54, 1.807) is 12.1 Å². The van der Waals surface area contributed by atoms with Gasteiger partial charge in [-0.25, -0.2) is 9.97 Å². The Labute approximate surface area is 157 Å². The van der Waals surface area contributed by atoms with E-state index in [0.29, 0.717) is 4.60 Å². The van der Waals surface area contributed by atoms with E-state index in [9.17, 15) is 4.39 Å². The van der Waals surface area contributed by atoms with Crippen molar-refractivity contribution in [1.82, 2.24) is 9.97 Å². The Bertz CT molecular complexity index is 752. The molecule has 124 valence electrons. The van der Waals surface area contributed by atoms with Crippen molar-refractivity contribution < 1.29 is 4.39 Å². The second-order valence-electron chi connectivity index (χ2n) is 4.91. The molecule has 3 nitrogen and oxygen atoms in total. The van der Waals surface area contributed by atoms with Crippen LogP contribution in [0, 0.1) is 5.95 Å². The second-order valence-corrected chi connectivity index (χ2v) is 6.53. The highest BCUT2D eigenvalue weighted by Crippen LogP contribution is 2.18. The van der Waals surface area contributed by atoms with Gasteiger partial charge in [0.15, 0.2) is 0 Å². The molecule has 6 heteroatoms. The minimum absolute atomic E-state index is 0.253. The smallest absolute Gasteiger partial charge is 0.213 e.